The smallest absolute Gasteiger partial charge is 0.197 e. The van der Waals surface area contributed by atoms with Crippen LogP contribution in [0.2, 0.25) is 10.0 Å². The molecule has 9 nitrogen and oxygen atoms in total. The van der Waals surface area contributed by atoms with E-state index in [1.54, 1.807) is 18.2 Å². The molecule has 3 unspecified atom stereocenters. The summed E-state index contributed by atoms with van der Waals surface area (Å²) in [5, 5.41) is 10.9. The fourth-order valence-electron chi connectivity index (χ4n) is 3.83. The van der Waals surface area contributed by atoms with Gasteiger partial charge >= 0.3 is 0 Å². The number of anilines is 3. The lowest BCUT2D eigenvalue weighted by atomic mass is 10.1. The summed E-state index contributed by atoms with van der Waals surface area (Å²) in [6.45, 7) is 10.4. The fraction of sp³-hybridized carbons (Fsp3) is 0.438. The van der Waals surface area contributed by atoms with E-state index >= 15 is 0 Å². The Labute approximate surface area is 284 Å². The van der Waals surface area contributed by atoms with Crippen molar-refractivity contribution in [3.05, 3.63) is 87.9 Å². The van der Waals surface area contributed by atoms with Gasteiger partial charge in [-0.15, -0.1) is 0 Å². The van der Waals surface area contributed by atoms with Gasteiger partial charge in [-0.2, -0.15) is 0 Å². The highest BCUT2D eigenvalue weighted by Gasteiger charge is 2.09. The van der Waals surface area contributed by atoms with Gasteiger partial charge in [-0.1, -0.05) is 35.3 Å². The highest BCUT2D eigenvalue weighted by atomic mass is 35.5. The second-order valence-corrected chi connectivity index (χ2v) is 20.0. The number of aryl methyl sites for hydroxylation is 2. The molecule has 258 valence electrons. The first-order chi connectivity index (χ1) is 21.3. The SMILES string of the molecule is CP(=O)(O)CCCNc1ccc(Cl)cc1.CP(=O)(O)CCCNc1cccc(Cl)c1.Cc1ccc(NCCCP(C)(=O)O)cc1C. The van der Waals surface area contributed by atoms with Gasteiger partial charge in [-0.05, 0) is 98.8 Å². The van der Waals surface area contributed by atoms with Gasteiger partial charge in [-0.3, -0.25) is 13.7 Å². The van der Waals surface area contributed by atoms with Crippen molar-refractivity contribution in [2.24, 2.45) is 0 Å². The third-order valence-corrected chi connectivity index (χ3v) is 10.3. The molecule has 3 aromatic rings. The fourth-order valence-corrected chi connectivity index (χ4v) is 6.38. The molecule has 0 spiro atoms. The molecule has 0 saturated carbocycles. The molecule has 6 N–H and O–H groups in total. The van der Waals surface area contributed by atoms with E-state index < -0.39 is 22.1 Å². The van der Waals surface area contributed by atoms with Gasteiger partial charge in [0.15, 0.2) is 22.1 Å². The first kappa shape index (κ1) is 42.2. The first-order valence-electron chi connectivity index (χ1n) is 15.0. The van der Waals surface area contributed by atoms with E-state index in [1.165, 1.54) is 31.1 Å². The Bertz CT molecular complexity index is 1460. The number of hydrogen-bond donors (Lipinski definition) is 6. The molecule has 14 heteroatoms. The van der Waals surface area contributed by atoms with E-state index in [1.807, 2.05) is 36.4 Å². The van der Waals surface area contributed by atoms with Crippen LogP contribution in [0.4, 0.5) is 17.1 Å². The van der Waals surface area contributed by atoms with Gasteiger partial charge < -0.3 is 30.6 Å². The molecule has 0 radical (unpaired) electrons. The Morgan fingerprint density at radius 3 is 1.37 bits per heavy atom. The Kier molecular flexibility index (Phi) is 19.5. The van der Waals surface area contributed by atoms with Crippen LogP contribution in [0.15, 0.2) is 66.7 Å². The van der Waals surface area contributed by atoms with Crippen LogP contribution >= 0.6 is 45.3 Å². The summed E-state index contributed by atoms with van der Waals surface area (Å²) >= 11 is 11.5. The van der Waals surface area contributed by atoms with Crippen molar-refractivity contribution in [2.75, 3.05) is 74.1 Å². The summed E-state index contributed by atoms with van der Waals surface area (Å²) in [6.07, 6.45) is 3.17. The lowest BCUT2D eigenvalue weighted by Crippen LogP contribution is -2.04. The molecule has 3 atom stereocenters. The van der Waals surface area contributed by atoms with E-state index in [4.69, 9.17) is 37.9 Å². The average Bonchev–Trinajstić information content (AvgIpc) is 2.94. The Balaban J connectivity index is 0.000000345. The van der Waals surface area contributed by atoms with Crippen LogP contribution in [-0.2, 0) is 13.7 Å². The number of halogens is 2. The maximum atomic E-state index is 11.1. The van der Waals surface area contributed by atoms with Gasteiger partial charge in [0.1, 0.15) is 0 Å². The lowest BCUT2D eigenvalue weighted by molar-refractivity contribution is 0.482. The molecular formula is C32H50Cl2N3O6P3. The van der Waals surface area contributed by atoms with E-state index in [0.29, 0.717) is 54.5 Å². The molecule has 0 fully saturated rings. The van der Waals surface area contributed by atoms with Crippen molar-refractivity contribution in [3.8, 4) is 0 Å². The number of hydrogen-bond acceptors (Lipinski definition) is 6. The summed E-state index contributed by atoms with van der Waals surface area (Å²) in [4.78, 5) is 27.3. The molecule has 0 amide bonds. The third kappa shape index (κ3) is 23.5. The third-order valence-electron chi connectivity index (χ3n) is 6.41. The van der Waals surface area contributed by atoms with Gasteiger partial charge in [0.25, 0.3) is 0 Å². The van der Waals surface area contributed by atoms with Crippen molar-refractivity contribution in [1.29, 1.82) is 0 Å². The summed E-state index contributed by atoms with van der Waals surface area (Å²) in [5.41, 5.74) is 5.52. The van der Waals surface area contributed by atoms with Crippen molar-refractivity contribution < 1.29 is 28.4 Å². The van der Waals surface area contributed by atoms with Crippen LogP contribution in [0.25, 0.3) is 0 Å². The molecular weight excluding hydrogens is 686 g/mol. The molecule has 0 aliphatic carbocycles. The molecule has 46 heavy (non-hydrogen) atoms. The first-order valence-corrected chi connectivity index (χ1v) is 22.6. The molecule has 0 bridgehead atoms. The topological polar surface area (TPSA) is 148 Å². The van der Waals surface area contributed by atoms with E-state index in [9.17, 15) is 13.7 Å². The predicted molar refractivity (Wildman–Crippen MR) is 200 cm³/mol. The van der Waals surface area contributed by atoms with Gasteiger partial charge in [0.2, 0.25) is 0 Å². The van der Waals surface area contributed by atoms with Crippen molar-refractivity contribution >= 4 is 62.4 Å². The van der Waals surface area contributed by atoms with Crippen molar-refractivity contribution in [3.63, 3.8) is 0 Å². The molecule has 0 aromatic heterocycles. The summed E-state index contributed by atoms with van der Waals surface area (Å²) < 4.78 is 33.0. The summed E-state index contributed by atoms with van der Waals surface area (Å²) in [5.74, 6) is 0. The minimum absolute atomic E-state index is 0.348. The van der Waals surface area contributed by atoms with E-state index in [0.717, 1.165) is 30.0 Å². The summed E-state index contributed by atoms with van der Waals surface area (Å²) in [7, 11) is -8.56. The maximum absolute atomic E-state index is 11.1. The second-order valence-electron chi connectivity index (χ2n) is 11.5. The molecule has 3 aromatic carbocycles. The number of rotatable bonds is 15. The Morgan fingerprint density at radius 2 is 0.957 bits per heavy atom. The van der Waals surface area contributed by atoms with Crippen LogP contribution in [0.5, 0.6) is 0 Å². The van der Waals surface area contributed by atoms with Crippen LogP contribution in [0.1, 0.15) is 30.4 Å². The van der Waals surface area contributed by atoms with Crippen LogP contribution in [0, 0.1) is 13.8 Å². The van der Waals surface area contributed by atoms with Gasteiger partial charge in [-0.25, -0.2) is 0 Å². The average molecular weight is 737 g/mol. The standard InChI is InChI=1S/C12H20NO2P.2C10H15ClNO2P/c1-10-5-6-12(9-11(10)2)13-7-4-8-16(3,14)15;1-15(13,14)8-2-7-12-10-5-3-9(11)4-6-10;1-15(13,14)7-3-6-12-10-5-2-4-9(11)8-10/h5-6,9,13H,4,7-8H2,1-3H3,(H,14,15);3-6,12H,2,7-8H2,1H3,(H,13,14);2,4-5,8,12H,3,6-7H2,1H3,(H,13,14). The van der Waals surface area contributed by atoms with Crippen molar-refractivity contribution in [2.45, 2.75) is 33.1 Å². The monoisotopic (exact) mass is 735 g/mol. The molecule has 3 rings (SSSR count). The van der Waals surface area contributed by atoms with E-state index in [-0.39, 0.29) is 0 Å². The quantitative estimate of drug-likeness (QED) is 0.0664. The normalized spacial score (nSPS) is 14.6. The second kappa shape index (κ2) is 21.2. The van der Waals surface area contributed by atoms with Crippen LogP contribution in [-0.4, -0.2) is 72.8 Å². The lowest BCUT2D eigenvalue weighted by Gasteiger charge is -2.09. The number of benzene rings is 3. The zero-order valence-electron chi connectivity index (χ0n) is 27.4. The van der Waals surface area contributed by atoms with Gasteiger partial charge in [0, 0.05) is 85.2 Å². The predicted octanol–water partition coefficient (Wildman–Crippen LogP) is 9.09. The number of nitrogens with one attached hydrogen (secondary N) is 3. The zero-order chi connectivity index (χ0) is 34.8. The molecule has 0 aliphatic rings. The Morgan fingerprint density at radius 1 is 0.543 bits per heavy atom. The molecule has 0 heterocycles. The molecule has 0 aliphatic heterocycles. The minimum atomic E-state index is -2.86. The highest BCUT2D eigenvalue weighted by Crippen LogP contribution is 2.36. The van der Waals surface area contributed by atoms with E-state index in [2.05, 4.69) is 41.9 Å². The largest absolute Gasteiger partial charge is 0.385 e. The van der Waals surface area contributed by atoms with Crippen LogP contribution in [0.3, 0.4) is 0 Å². The highest BCUT2D eigenvalue weighted by molar-refractivity contribution is 7.57. The zero-order valence-corrected chi connectivity index (χ0v) is 31.6. The molecule has 0 saturated heterocycles. The van der Waals surface area contributed by atoms with Crippen LogP contribution < -0.4 is 16.0 Å². The maximum Gasteiger partial charge on any atom is 0.197 e. The summed E-state index contributed by atoms with van der Waals surface area (Å²) in [6, 6.07) is 21.0. The van der Waals surface area contributed by atoms with Crippen molar-refractivity contribution in [1.82, 2.24) is 0 Å². The van der Waals surface area contributed by atoms with Gasteiger partial charge in [0.05, 0.1) is 0 Å². The Hall–Kier alpha value is -1.79. The minimum Gasteiger partial charge on any atom is -0.385 e.